The van der Waals surface area contributed by atoms with Crippen LogP contribution in [0.15, 0.2) is 53.4 Å². The largest absolute Gasteiger partial charge is 0.379 e. The molecule has 0 spiro atoms. The molecular weight excluding hydrogens is 356 g/mol. The first kappa shape index (κ1) is 19.9. The number of morpholine rings is 1. The Hall–Kier alpha value is -1.82. The molecule has 0 saturated carbocycles. The van der Waals surface area contributed by atoms with Gasteiger partial charge in [-0.1, -0.05) is 48.0 Å². The van der Waals surface area contributed by atoms with Gasteiger partial charge in [0, 0.05) is 24.5 Å². The van der Waals surface area contributed by atoms with Crippen molar-refractivity contribution in [2.24, 2.45) is 0 Å². The Kier molecular flexibility index (Phi) is 7.33. The summed E-state index contributed by atoms with van der Waals surface area (Å²) in [7, 11) is 0. The first-order valence-electron chi connectivity index (χ1n) is 9.46. The Morgan fingerprint density at radius 2 is 1.81 bits per heavy atom. The van der Waals surface area contributed by atoms with Gasteiger partial charge in [0.1, 0.15) is 0 Å². The van der Waals surface area contributed by atoms with Crippen LogP contribution in [0.5, 0.6) is 0 Å². The maximum Gasteiger partial charge on any atom is 0.230 e. The van der Waals surface area contributed by atoms with Gasteiger partial charge in [-0.3, -0.25) is 9.69 Å². The molecule has 1 heterocycles. The van der Waals surface area contributed by atoms with Crippen LogP contribution in [0.25, 0.3) is 0 Å². The minimum atomic E-state index is -0.00586. The quantitative estimate of drug-likeness (QED) is 0.741. The fraction of sp³-hybridized carbons (Fsp3) is 0.409. The van der Waals surface area contributed by atoms with Crippen LogP contribution >= 0.6 is 11.8 Å². The number of rotatable bonds is 7. The molecule has 1 saturated heterocycles. The average molecular weight is 385 g/mol. The second-order valence-electron chi connectivity index (χ2n) is 7.00. The van der Waals surface area contributed by atoms with Crippen molar-refractivity contribution in [2.75, 3.05) is 38.6 Å². The third-order valence-corrected chi connectivity index (χ3v) is 5.99. The summed E-state index contributed by atoms with van der Waals surface area (Å²) in [5, 5.41) is 3.25. The number of aryl methyl sites for hydroxylation is 2. The standard InChI is InChI=1S/C22H28N2O2S/c1-17-7-9-19(10-8-17)20(15-24-11-13-26-14-12-24)23-22(25)16-27-21-6-4-3-5-18(21)2/h3-10,20H,11-16H2,1-2H3,(H,23,25)/t20-/m0/s1. The van der Waals surface area contributed by atoms with Gasteiger partial charge < -0.3 is 10.1 Å². The Bertz CT molecular complexity index is 742. The van der Waals surface area contributed by atoms with E-state index in [-0.39, 0.29) is 11.9 Å². The highest BCUT2D eigenvalue weighted by atomic mass is 32.2. The number of amides is 1. The van der Waals surface area contributed by atoms with Crippen LogP contribution in [-0.2, 0) is 9.53 Å². The maximum absolute atomic E-state index is 12.6. The van der Waals surface area contributed by atoms with E-state index in [1.807, 2.05) is 12.1 Å². The zero-order valence-corrected chi connectivity index (χ0v) is 16.9. The van der Waals surface area contributed by atoms with Crippen LogP contribution in [0.3, 0.4) is 0 Å². The van der Waals surface area contributed by atoms with Gasteiger partial charge in [-0.2, -0.15) is 0 Å². The summed E-state index contributed by atoms with van der Waals surface area (Å²) >= 11 is 1.60. The van der Waals surface area contributed by atoms with Gasteiger partial charge in [0.2, 0.25) is 5.91 Å². The van der Waals surface area contributed by atoms with Crippen molar-refractivity contribution in [1.82, 2.24) is 10.2 Å². The van der Waals surface area contributed by atoms with Gasteiger partial charge in [-0.05, 0) is 31.0 Å². The van der Waals surface area contributed by atoms with Crippen molar-refractivity contribution in [3.63, 3.8) is 0 Å². The lowest BCUT2D eigenvalue weighted by molar-refractivity contribution is -0.119. The van der Waals surface area contributed by atoms with Gasteiger partial charge in [-0.15, -0.1) is 11.8 Å². The third-order valence-electron chi connectivity index (χ3n) is 4.81. The molecule has 27 heavy (non-hydrogen) atoms. The van der Waals surface area contributed by atoms with E-state index in [2.05, 4.69) is 60.5 Å². The molecule has 0 aliphatic carbocycles. The molecule has 5 heteroatoms. The van der Waals surface area contributed by atoms with Crippen LogP contribution in [0.2, 0.25) is 0 Å². The molecule has 2 aromatic rings. The molecule has 1 aliphatic heterocycles. The molecule has 1 aliphatic rings. The summed E-state index contributed by atoms with van der Waals surface area (Å²) in [5.74, 6) is 0.498. The molecule has 0 unspecified atom stereocenters. The Morgan fingerprint density at radius 1 is 1.11 bits per heavy atom. The summed E-state index contributed by atoms with van der Waals surface area (Å²) in [4.78, 5) is 16.2. The number of carbonyl (C=O) groups excluding carboxylic acids is 1. The molecule has 1 N–H and O–H groups in total. The summed E-state index contributed by atoms with van der Waals surface area (Å²) in [6.45, 7) is 8.32. The average Bonchev–Trinajstić information content (AvgIpc) is 2.68. The number of carbonyl (C=O) groups is 1. The molecule has 1 amide bonds. The zero-order valence-electron chi connectivity index (χ0n) is 16.1. The molecule has 1 fully saturated rings. The lowest BCUT2D eigenvalue weighted by Crippen LogP contribution is -2.43. The molecular formula is C22H28N2O2S. The van der Waals surface area contributed by atoms with E-state index < -0.39 is 0 Å². The van der Waals surface area contributed by atoms with Crippen LogP contribution in [0.1, 0.15) is 22.7 Å². The number of hydrogen-bond donors (Lipinski definition) is 1. The molecule has 2 aromatic carbocycles. The Balaban J connectivity index is 1.63. The van der Waals surface area contributed by atoms with Crippen molar-refractivity contribution in [1.29, 1.82) is 0 Å². The SMILES string of the molecule is Cc1ccc([C@H](CN2CCOCC2)NC(=O)CSc2ccccc2C)cc1. The van der Waals surface area contributed by atoms with Gasteiger partial charge in [-0.25, -0.2) is 0 Å². The zero-order chi connectivity index (χ0) is 19.1. The lowest BCUT2D eigenvalue weighted by Gasteiger charge is -2.31. The molecule has 0 aromatic heterocycles. The van der Waals surface area contributed by atoms with Crippen molar-refractivity contribution in [3.8, 4) is 0 Å². The van der Waals surface area contributed by atoms with Gasteiger partial charge in [0.25, 0.3) is 0 Å². The number of nitrogens with one attached hydrogen (secondary N) is 1. The van der Waals surface area contributed by atoms with E-state index in [0.29, 0.717) is 5.75 Å². The normalized spacial score (nSPS) is 16.1. The second-order valence-corrected chi connectivity index (χ2v) is 8.02. The van der Waals surface area contributed by atoms with Crippen molar-refractivity contribution < 1.29 is 9.53 Å². The third kappa shape index (κ3) is 6.09. The Labute approximate surface area is 166 Å². The number of nitrogens with zero attached hydrogens (tertiary/aromatic N) is 1. The summed E-state index contributed by atoms with van der Waals surface area (Å²) in [5.41, 5.74) is 3.59. The fourth-order valence-electron chi connectivity index (χ4n) is 3.17. The minimum absolute atomic E-state index is 0.00586. The number of benzene rings is 2. The second kappa shape index (κ2) is 9.93. The Morgan fingerprint density at radius 3 is 2.52 bits per heavy atom. The highest BCUT2D eigenvalue weighted by Gasteiger charge is 2.20. The highest BCUT2D eigenvalue weighted by Crippen LogP contribution is 2.22. The van der Waals surface area contributed by atoms with E-state index in [1.54, 1.807) is 11.8 Å². The van der Waals surface area contributed by atoms with Crippen molar-refractivity contribution >= 4 is 17.7 Å². The molecule has 1 atom stereocenters. The van der Waals surface area contributed by atoms with E-state index in [1.165, 1.54) is 11.1 Å². The van der Waals surface area contributed by atoms with Crippen LogP contribution in [-0.4, -0.2) is 49.4 Å². The molecule has 0 radical (unpaired) electrons. The van der Waals surface area contributed by atoms with E-state index in [4.69, 9.17) is 4.74 Å². The lowest BCUT2D eigenvalue weighted by atomic mass is 10.0. The van der Waals surface area contributed by atoms with Crippen molar-refractivity contribution in [2.45, 2.75) is 24.8 Å². The maximum atomic E-state index is 12.6. The first-order chi connectivity index (χ1) is 13.1. The molecule has 4 nitrogen and oxygen atoms in total. The van der Waals surface area contributed by atoms with Gasteiger partial charge in [0.05, 0.1) is 25.0 Å². The number of hydrogen-bond acceptors (Lipinski definition) is 4. The monoisotopic (exact) mass is 384 g/mol. The first-order valence-corrected chi connectivity index (χ1v) is 10.4. The summed E-state index contributed by atoms with van der Waals surface area (Å²) in [6, 6.07) is 16.6. The smallest absolute Gasteiger partial charge is 0.230 e. The van der Waals surface area contributed by atoms with Crippen LogP contribution in [0, 0.1) is 13.8 Å². The van der Waals surface area contributed by atoms with E-state index in [0.717, 1.165) is 43.3 Å². The highest BCUT2D eigenvalue weighted by molar-refractivity contribution is 8.00. The fourth-order valence-corrected chi connectivity index (χ4v) is 4.01. The number of ether oxygens (including phenoxy) is 1. The van der Waals surface area contributed by atoms with Crippen molar-refractivity contribution in [3.05, 3.63) is 65.2 Å². The topological polar surface area (TPSA) is 41.6 Å². The predicted molar refractivity (Wildman–Crippen MR) is 111 cm³/mol. The minimum Gasteiger partial charge on any atom is -0.379 e. The van der Waals surface area contributed by atoms with Gasteiger partial charge >= 0.3 is 0 Å². The van der Waals surface area contributed by atoms with Gasteiger partial charge in [0.15, 0.2) is 0 Å². The van der Waals surface area contributed by atoms with E-state index >= 15 is 0 Å². The molecule has 144 valence electrons. The van der Waals surface area contributed by atoms with Crippen LogP contribution in [0.4, 0.5) is 0 Å². The van der Waals surface area contributed by atoms with E-state index in [9.17, 15) is 4.79 Å². The summed E-state index contributed by atoms with van der Waals surface area (Å²) < 4.78 is 5.45. The summed E-state index contributed by atoms with van der Waals surface area (Å²) in [6.07, 6.45) is 0. The molecule has 3 rings (SSSR count). The molecule has 0 bridgehead atoms. The predicted octanol–water partition coefficient (Wildman–Crippen LogP) is 3.59. The van der Waals surface area contributed by atoms with Crippen LogP contribution < -0.4 is 5.32 Å². The number of thioether (sulfide) groups is 1.